The third kappa shape index (κ3) is 3.79. The highest BCUT2D eigenvalue weighted by molar-refractivity contribution is 6.31. The van der Waals surface area contributed by atoms with Gasteiger partial charge in [-0.25, -0.2) is 0 Å². The van der Waals surface area contributed by atoms with E-state index in [9.17, 15) is 4.79 Å². The molecule has 1 aromatic rings. The standard InChI is InChI=1S/C13H17ClN2O/c1-4-16(8-9(2)3)13(17)10-5-11(14)7-12(15)6-10/h5-7H,2,4,8,15H2,1,3H3. The summed E-state index contributed by atoms with van der Waals surface area (Å²) in [6.07, 6.45) is 0. The Morgan fingerprint density at radius 1 is 1.47 bits per heavy atom. The van der Waals surface area contributed by atoms with E-state index in [0.29, 0.717) is 29.4 Å². The van der Waals surface area contributed by atoms with E-state index in [2.05, 4.69) is 6.58 Å². The number of nitrogens with two attached hydrogens (primary N) is 1. The molecular weight excluding hydrogens is 236 g/mol. The maximum atomic E-state index is 12.2. The quantitative estimate of drug-likeness (QED) is 0.662. The topological polar surface area (TPSA) is 46.3 Å². The summed E-state index contributed by atoms with van der Waals surface area (Å²) in [5.74, 6) is -0.0790. The van der Waals surface area contributed by atoms with Crippen molar-refractivity contribution in [1.29, 1.82) is 0 Å². The summed E-state index contributed by atoms with van der Waals surface area (Å²) in [5.41, 5.74) is 7.61. The lowest BCUT2D eigenvalue weighted by molar-refractivity contribution is 0.0778. The van der Waals surface area contributed by atoms with Crippen LogP contribution in [0.4, 0.5) is 5.69 Å². The van der Waals surface area contributed by atoms with E-state index in [0.717, 1.165) is 5.57 Å². The second-order valence-electron chi connectivity index (χ2n) is 4.05. The van der Waals surface area contributed by atoms with Crippen molar-refractivity contribution in [3.8, 4) is 0 Å². The Morgan fingerprint density at radius 2 is 2.12 bits per heavy atom. The van der Waals surface area contributed by atoms with Gasteiger partial charge >= 0.3 is 0 Å². The lowest BCUT2D eigenvalue weighted by Gasteiger charge is -2.21. The Kier molecular flexibility index (Phi) is 4.58. The van der Waals surface area contributed by atoms with Crippen molar-refractivity contribution in [2.75, 3.05) is 18.8 Å². The molecule has 0 atom stereocenters. The number of nitrogens with zero attached hydrogens (tertiary/aromatic N) is 1. The van der Waals surface area contributed by atoms with E-state index in [1.54, 1.807) is 23.1 Å². The zero-order valence-corrected chi connectivity index (χ0v) is 10.9. The average molecular weight is 253 g/mol. The van der Waals surface area contributed by atoms with Crippen molar-refractivity contribution in [3.63, 3.8) is 0 Å². The molecule has 17 heavy (non-hydrogen) atoms. The molecule has 0 radical (unpaired) electrons. The van der Waals surface area contributed by atoms with Crippen molar-refractivity contribution < 1.29 is 4.79 Å². The van der Waals surface area contributed by atoms with Crippen molar-refractivity contribution in [3.05, 3.63) is 40.9 Å². The highest BCUT2D eigenvalue weighted by Crippen LogP contribution is 2.18. The number of rotatable bonds is 4. The fourth-order valence-corrected chi connectivity index (χ4v) is 1.81. The molecule has 0 aromatic heterocycles. The minimum atomic E-state index is -0.0790. The van der Waals surface area contributed by atoms with Crippen LogP contribution in [0.1, 0.15) is 24.2 Å². The van der Waals surface area contributed by atoms with Gasteiger partial charge in [-0.15, -0.1) is 0 Å². The van der Waals surface area contributed by atoms with Gasteiger partial charge < -0.3 is 10.6 Å². The van der Waals surface area contributed by atoms with Crippen LogP contribution < -0.4 is 5.73 Å². The van der Waals surface area contributed by atoms with Gasteiger partial charge in [0.15, 0.2) is 0 Å². The molecule has 3 nitrogen and oxygen atoms in total. The molecular formula is C13H17ClN2O. The smallest absolute Gasteiger partial charge is 0.254 e. The zero-order valence-electron chi connectivity index (χ0n) is 10.2. The first kappa shape index (κ1) is 13.6. The molecule has 0 unspecified atom stereocenters. The van der Waals surface area contributed by atoms with Crippen LogP contribution in [-0.2, 0) is 0 Å². The Morgan fingerprint density at radius 3 is 2.59 bits per heavy atom. The highest BCUT2D eigenvalue weighted by atomic mass is 35.5. The first-order valence-corrected chi connectivity index (χ1v) is 5.81. The van der Waals surface area contributed by atoms with Gasteiger partial charge in [-0.2, -0.15) is 0 Å². The number of nitrogen functional groups attached to an aromatic ring is 1. The minimum Gasteiger partial charge on any atom is -0.399 e. The fraction of sp³-hybridized carbons (Fsp3) is 0.308. The molecule has 1 amide bonds. The number of anilines is 1. The van der Waals surface area contributed by atoms with Gasteiger partial charge in [0.1, 0.15) is 0 Å². The van der Waals surface area contributed by atoms with Gasteiger partial charge in [0.05, 0.1) is 0 Å². The summed E-state index contributed by atoms with van der Waals surface area (Å²) in [6, 6.07) is 4.88. The van der Waals surface area contributed by atoms with Gasteiger partial charge in [0.25, 0.3) is 5.91 Å². The first-order chi connectivity index (χ1) is 7.93. The number of carbonyl (C=O) groups excluding carboxylic acids is 1. The van der Waals surface area contributed by atoms with E-state index < -0.39 is 0 Å². The van der Waals surface area contributed by atoms with Gasteiger partial charge in [-0.3, -0.25) is 4.79 Å². The van der Waals surface area contributed by atoms with Crippen molar-refractivity contribution in [2.45, 2.75) is 13.8 Å². The maximum absolute atomic E-state index is 12.2. The summed E-state index contributed by atoms with van der Waals surface area (Å²) in [4.78, 5) is 13.9. The SMILES string of the molecule is C=C(C)CN(CC)C(=O)c1cc(N)cc(Cl)c1. The number of halogens is 1. The molecule has 0 saturated carbocycles. The van der Waals surface area contributed by atoms with Crippen molar-refractivity contribution in [2.24, 2.45) is 0 Å². The maximum Gasteiger partial charge on any atom is 0.254 e. The third-order valence-electron chi connectivity index (χ3n) is 2.30. The Labute approximate surface area is 107 Å². The van der Waals surface area contributed by atoms with E-state index >= 15 is 0 Å². The van der Waals surface area contributed by atoms with E-state index in [4.69, 9.17) is 17.3 Å². The zero-order chi connectivity index (χ0) is 13.0. The molecule has 0 aliphatic carbocycles. The highest BCUT2D eigenvalue weighted by Gasteiger charge is 2.14. The number of hydrogen-bond acceptors (Lipinski definition) is 2. The molecule has 0 saturated heterocycles. The van der Waals surface area contributed by atoms with E-state index in [1.165, 1.54) is 0 Å². The van der Waals surface area contributed by atoms with Gasteiger partial charge in [0.2, 0.25) is 0 Å². The second kappa shape index (κ2) is 5.73. The number of hydrogen-bond donors (Lipinski definition) is 1. The molecule has 1 aromatic carbocycles. The first-order valence-electron chi connectivity index (χ1n) is 5.43. The lowest BCUT2D eigenvalue weighted by Crippen LogP contribution is -2.32. The predicted molar refractivity (Wildman–Crippen MR) is 72.3 cm³/mol. The molecule has 4 heteroatoms. The molecule has 1 rings (SSSR count). The van der Waals surface area contributed by atoms with Crippen molar-refractivity contribution in [1.82, 2.24) is 4.90 Å². The van der Waals surface area contributed by atoms with Crippen LogP contribution in [0.5, 0.6) is 0 Å². The normalized spacial score (nSPS) is 10.1. The van der Waals surface area contributed by atoms with Gasteiger partial charge in [-0.05, 0) is 32.0 Å². The molecule has 0 aliphatic heterocycles. The Balaban J connectivity index is 2.97. The predicted octanol–water partition coefficient (Wildman–Crippen LogP) is 2.96. The molecule has 0 spiro atoms. The summed E-state index contributed by atoms with van der Waals surface area (Å²) in [7, 11) is 0. The van der Waals surface area contributed by atoms with Crippen LogP contribution in [0.2, 0.25) is 5.02 Å². The third-order valence-corrected chi connectivity index (χ3v) is 2.51. The Bertz CT molecular complexity index is 423. The van der Waals surface area contributed by atoms with Crippen LogP contribution in [0, 0.1) is 0 Å². The van der Waals surface area contributed by atoms with Crippen molar-refractivity contribution >= 4 is 23.2 Å². The number of carbonyl (C=O) groups is 1. The minimum absolute atomic E-state index is 0.0790. The van der Waals surface area contributed by atoms with Gasteiger partial charge in [-0.1, -0.05) is 23.8 Å². The van der Waals surface area contributed by atoms with Crippen LogP contribution in [0.15, 0.2) is 30.4 Å². The summed E-state index contributed by atoms with van der Waals surface area (Å²) >= 11 is 5.88. The van der Waals surface area contributed by atoms with E-state index in [1.807, 2.05) is 13.8 Å². The summed E-state index contributed by atoms with van der Waals surface area (Å²) in [5, 5.41) is 0.472. The Hall–Kier alpha value is -1.48. The molecule has 0 heterocycles. The number of benzene rings is 1. The van der Waals surface area contributed by atoms with Gasteiger partial charge in [0, 0.05) is 29.4 Å². The van der Waals surface area contributed by atoms with Crippen LogP contribution in [-0.4, -0.2) is 23.9 Å². The fourth-order valence-electron chi connectivity index (χ4n) is 1.57. The molecule has 0 aliphatic rings. The number of amides is 1. The van der Waals surface area contributed by atoms with Crippen LogP contribution >= 0.6 is 11.6 Å². The summed E-state index contributed by atoms with van der Waals surface area (Å²) in [6.45, 7) is 8.79. The number of likely N-dealkylation sites (N-methyl/N-ethyl adjacent to an activating group) is 1. The van der Waals surface area contributed by atoms with Crippen LogP contribution in [0.25, 0.3) is 0 Å². The largest absolute Gasteiger partial charge is 0.399 e. The second-order valence-corrected chi connectivity index (χ2v) is 4.49. The average Bonchev–Trinajstić information content (AvgIpc) is 2.23. The van der Waals surface area contributed by atoms with Crippen LogP contribution in [0.3, 0.4) is 0 Å². The van der Waals surface area contributed by atoms with E-state index in [-0.39, 0.29) is 5.91 Å². The molecule has 0 bridgehead atoms. The molecule has 0 fully saturated rings. The molecule has 2 N–H and O–H groups in total. The monoisotopic (exact) mass is 252 g/mol. The lowest BCUT2D eigenvalue weighted by atomic mass is 10.1. The molecule has 92 valence electrons. The summed E-state index contributed by atoms with van der Waals surface area (Å²) < 4.78 is 0.